The van der Waals surface area contributed by atoms with Crippen molar-refractivity contribution in [1.29, 1.82) is 0 Å². The molecule has 2 aromatic heterocycles. The molecule has 4 atom stereocenters. The molecule has 0 unspecified atom stereocenters. The van der Waals surface area contributed by atoms with Crippen LogP contribution in [-0.2, 0) is 14.3 Å². The van der Waals surface area contributed by atoms with E-state index >= 15 is 0 Å². The van der Waals surface area contributed by atoms with Crippen molar-refractivity contribution in [3.05, 3.63) is 83.6 Å². The summed E-state index contributed by atoms with van der Waals surface area (Å²) in [6, 6.07) is 18.2. The zero-order valence-electron chi connectivity index (χ0n) is 34.1. The summed E-state index contributed by atoms with van der Waals surface area (Å²) in [6.45, 7) is 11.4. The predicted molar refractivity (Wildman–Crippen MR) is 254 cm³/mol. The molecule has 2 fully saturated rings. The summed E-state index contributed by atoms with van der Waals surface area (Å²) < 4.78 is 4.76. The van der Waals surface area contributed by atoms with Crippen LogP contribution in [0.4, 0.5) is 4.79 Å². The lowest BCUT2D eigenvalue weighted by Gasteiger charge is -2.30. The number of imidazole rings is 2. The number of H-pyrrole nitrogens is 2. The SMILES string of the molecule is COC(=O)N[C@H](C(=O)N1CCC[C@H]1c1ncc(-c2ccc3cc(/C=C/c4ccc5nc([C@@H]6CCCN6C(=O)[C@@H](C)C(C)C)[nH]c5c4)ccc3c2)[nH]1)C(C)C.S.S.S.S. The zero-order valence-corrected chi connectivity index (χ0v) is 38.1. The molecule has 5 aromatic rings. The Morgan fingerprint density at radius 3 is 2.02 bits per heavy atom. The van der Waals surface area contributed by atoms with Gasteiger partial charge in [-0.3, -0.25) is 9.59 Å². The maximum atomic E-state index is 13.6. The number of ether oxygens (including phenoxy) is 1. The minimum Gasteiger partial charge on any atom is -0.453 e. The lowest BCUT2D eigenvalue weighted by atomic mass is 9.96. The van der Waals surface area contributed by atoms with Gasteiger partial charge in [-0.1, -0.05) is 77.1 Å². The smallest absolute Gasteiger partial charge is 0.407 e. The van der Waals surface area contributed by atoms with Gasteiger partial charge in [0.2, 0.25) is 11.8 Å². The number of aromatic amines is 2. The molecule has 3 N–H and O–H groups in total. The second kappa shape index (κ2) is 20.8. The number of amides is 3. The van der Waals surface area contributed by atoms with Gasteiger partial charge < -0.3 is 29.8 Å². The Hall–Kier alpha value is -4.05. The number of rotatable bonds is 10. The first-order chi connectivity index (χ1) is 26.0. The van der Waals surface area contributed by atoms with Gasteiger partial charge in [-0.2, -0.15) is 54.0 Å². The Balaban J connectivity index is 0.00000225. The summed E-state index contributed by atoms with van der Waals surface area (Å²) in [6.07, 6.45) is 9.03. The third-order valence-corrected chi connectivity index (χ3v) is 11.2. The molecular weight excluding hydrogens is 807 g/mol. The van der Waals surface area contributed by atoms with Crippen LogP contribution < -0.4 is 5.32 Å². The highest BCUT2D eigenvalue weighted by molar-refractivity contribution is 7.59. The van der Waals surface area contributed by atoms with Gasteiger partial charge in [0.1, 0.15) is 17.7 Å². The number of carbonyl (C=O) groups excluding carboxylic acids is 3. The second-order valence-electron chi connectivity index (χ2n) is 15.5. The van der Waals surface area contributed by atoms with Gasteiger partial charge in [-0.15, -0.1) is 0 Å². The molecule has 11 nitrogen and oxygen atoms in total. The number of benzene rings is 3. The Morgan fingerprint density at radius 1 is 0.759 bits per heavy atom. The normalized spacial score (nSPS) is 17.4. The number of aromatic nitrogens is 4. The van der Waals surface area contributed by atoms with Crippen molar-refractivity contribution in [1.82, 2.24) is 35.1 Å². The van der Waals surface area contributed by atoms with E-state index in [0.29, 0.717) is 12.5 Å². The van der Waals surface area contributed by atoms with Crippen LogP contribution in [0.1, 0.15) is 95.2 Å². The molecule has 0 saturated carbocycles. The molecule has 2 aliphatic heterocycles. The van der Waals surface area contributed by atoms with Crippen molar-refractivity contribution in [2.75, 3.05) is 20.2 Å². The van der Waals surface area contributed by atoms with E-state index in [-0.39, 0.29) is 89.7 Å². The van der Waals surface area contributed by atoms with Gasteiger partial charge in [-0.25, -0.2) is 14.8 Å². The number of hydrogen-bond acceptors (Lipinski definition) is 6. The fourth-order valence-electron chi connectivity index (χ4n) is 7.74. The average Bonchev–Trinajstić information content (AvgIpc) is 4.00. The molecule has 314 valence electrons. The fraction of sp³-hybridized carbons (Fsp3) is 0.419. The summed E-state index contributed by atoms with van der Waals surface area (Å²) in [5.74, 6) is 1.90. The van der Waals surface area contributed by atoms with Gasteiger partial charge >= 0.3 is 6.09 Å². The zero-order chi connectivity index (χ0) is 38.1. The summed E-state index contributed by atoms with van der Waals surface area (Å²) in [5, 5.41) is 4.95. The molecule has 2 aliphatic rings. The molecule has 0 spiro atoms. The fourth-order valence-corrected chi connectivity index (χ4v) is 7.74. The lowest BCUT2D eigenvalue weighted by molar-refractivity contribution is -0.137. The number of nitrogens with zero attached hydrogens (tertiary/aromatic N) is 4. The summed E-state index contributed by atoms with van der Waals surface area (Å²) in [7, 11) is 1.30. The number of likely N-dealkylation sites (tertiary alicyclic amines) is 2. The number of fused-ring (bicyclic) bond motifs is 2. The number of hydrogen-bond donors (Lipinski definition) is 3. The molecule has 3 aromatic carbocycles. The van der Waals surface area contributed by atoms with Crippen LogP contribution in [0.25, 0.3) is 45.2 Å². The van der Waals surface area contributed by atoms with Gasteiger partial charge in [-0.05, 0) is 83.7 Å². The Kier molecular flexibility index (Phi) is 17.3. The number of methoxy groups -OCH3 is 1. The van der Waals surface area contributed by atoms with E-state index in [1.807, 2.05) is 42.8 Å². The third-order valence-electron chi connectivity index (χ3n) is 11.2. The second-order valence-corrected chi connectivity index (χ2v) is 15.5. The first kappa shape index (κ1) is 48.3. The van der Waals surface area contributed by atoms with Crippen LogP contribution in [0.15, 0.2) is 60.8 Å². The van der Waals surface area contributed by atoms with E-state index in [9.17, 15) is 14.4 Å². The van der Waals surface area contributed by atoms with E-state index in [0.717, 1.165) is 88.1 Å². The van der Waals surface area contributed by atoms with Crippen LogP contribution in [0, 0.1) is 17.8 Å². The topological polar surface area (TPSA) is 136 Å². The Bertz CT molecular complexity index is 2220. The summed E-state index contributed by atoms with van der Waals surface area (Å²) >= 11 is 0. The largest absolute Gasteiger partial charge is 0.453 e. The van der Waals surface area contributed by atoms with Crippen molar-refractivity contribution in [3.63, 3.8) is 0 Å². The highest BCUT2D eigenvalue weighted by atomic mass is 32.1. The molecule has 2 saturated heterocycles. The van der Waals surface area contributed by atoms with E-state index < -0.39 is 12.1 Å². The average molecular weight is 866 g/mol. The maximum Gasteiger partial charge on any atom is 0.407 e. The van der Waals surface area contributed by atoms with E-state index in [1.54, 1.807) is 0 Å². The minimum absolute atomic E-state index is 0. The van der Waals surface area contributed by atoms with Crippen molar-refractivity contribution in [3.8, 4) is 11.3 Å². The molecule has 15 heteroatoms. The van der Waals surface area contributed by atoms with Crippen molar-refractivity contribution >= 4 is 106 Å². The maximum absolute atomic E-state index is 13.6. The molecule has 0 aliphatic carbocycles. The van der Waals surface area contributed by atoms with Gasteiger partial charge in [0.15, 0.2) is 0 Å². The Labute approximate surface area is 369 Å². The summed E-state index contributed by atoms with van der Waals surface area (Å²) in [4.78, 5) is 59.2. The number of carbonyl (C=O) groups is 3. The van der Waals surface area contributed by atoms with Crippen LogP contribution in [-0.4, -0.2) is 73.9 Å². The quantitative estimate of drug-likeness (QED) is 0.120. The van der Waals surface area contributed by atoms with E-state index in [1.165, 1.54) is 7.11 Å². The number of nitrogens with one attached hydrogen (secondary N) is 3. The molecule has 0 radical (unpaired) electrons. The standard InChI is InChI=1S/C43H51N7O4.4H2S/c1-25(2)27(5)41(51)49-19-8-10-37(49)40-45-33-18-14-29(22-34(33)46-40)12-11-28-13-15-31-23-32(17-16-30(31)21-28)35-24-44-39(47-35)36-9-7-20-50(36)42(52)38(26(3)4)48-43(53)54-6;;;;/h11-18,21-27,36-38H,7-10,19-20H2,1-6H3,(H,44,47)(H,45,46)(H,48,53);4*1H2/b12-11+;;;;/t27-,36-,37-,38-;;;;/m0..../s1. The van der Waals surface area contributed by atoms with Gasteiger partial charge in [0.25, 0.3) is 0 Å². The predicted octanol–water partition coefficient (Wildman–Crippen LogP) is 8.73. The molecule has 7 rings (SSSR count). The van der Waals surface area contributed by atoms with Crippen LogP contribution in [0.2, 0.25) is 0 Å². The molecule has 4 heterocycles. The van der Waals surface area contributed by atoms with Crippen molar-refractivity contribution in [2.24, 2.45) is 17.8 Å². The monoisotopic (exact) mass is 865 g/mol. The molecule has 58 heavy (non-hydrogen) atoms. The van der Waals surface area contributed by atoms with Gasteiger partial charge in [0, 0.05) is 24.6 Å². The molecule has 0 bridgehead atoms. The van der Waals surface area contributed by atoms with E-state index in [2.05, 4.69) is 89.8 Å². The minimum atomic E-state index is -0.675. The highest BCUT2D eigenvalue weighted by Crippen LogP contribution is 2.35. The Morgan fingerprint density at radius 2 is 1.36 bits per heavy atom. The van der Waals surface area contributed by atoms with Crippen LogP contribution in [0.5, 0.6) is 0 Å². The van der Waals surface area contributed by atoms with Gasteiger partial charge in [0.05, 0.1) is 42.1 Å². The van der Waals surface area contributed by atoms with Crippen molar-refractivity contribution < 1.29 is 19.1 Å². The highest BCUT2D eigenvalue weighted by Gasteiger charge is 2.38. The summed E-state index contributed by atoms with van der Waals surface area (Å²) in [5.41, 5.74) is 5.94. The first-order valence-electron chi connectivity index (χ1n) is 19.2. The third kappa shape index (κ3) is 10.2. The lowest BCUT2D eigenvalue weighted by Crippen LogP contribution is -2.51. The van der Waals surface area contributed by atoms with E-state index in [4.69, 9.17) is 14.7 Å². The molecular formula is C43H59N7O4S4. The van der Waals surface area contributed by atoms with Crippen molar-refractivity contribution in [2.45, 2.75) is 78.4 Å². The molecule has 3 amide bonds. The number of alkyl carbamates (subject to hydrolysis) is 1. The van der Waals surface area contributed by atoms with Crippen LogP contribution in [0.3, 0.4) is 0 Å². The first-order valence-corrected chi connectivity index (χ1v) is 19.2. The van der Waals surface area contributed by atoms with Crippen LogP contribution >= 0.6 is 54.0 Å².